The molecule has 0 amide bonds. The van der Waals surface area contributed by atoms with Crippen molar-refractivity contribution in [3.63, 3.8) is 0 Å². The van der Waals surface area contributed by atoms with Gasteiger partial charge in [0.25, 0.3) is 0 Å². The van der Waals surface area contributed by atoms with Crippen LogP contribution in [0.4, 0.5) is 0 Å². The Labute approximate surface area is 127 Å². The SMILES string of the molecule is CCn1cncc1COc1ccccc1CNCC(C)C. The second-order valence-corrected chi connectivity index (χ2v) is 5.59. The van der Waals surface area contributed by atoms with Gasteiger partial charge in [0, 0.05) is 18.7 Å². The van der Waals surface area contributed by atoms with Crippen LogP contribution in [0.25, 0.3) is 0 Å². The summed E-state index contributed by atoms with van der Waals surface area (Å²) in [5, 5.41) is 3.46. The Morgan fingerprint density at radius 1 is 1.29 bits per heavy atom. The van der Waals surface area contributed by atoms with E-state index in [1.54, 1.807) is 0 Å². The Kier molecular flexibility index (Phi) is 5.81. The van der Waals surface area contributed by atoms with Crippen molar-refractivity contribution in [2.45, 2.75) is 40.5 Å². The fourth-order valence-electron chi connectivity index (χ4n) is 2.19. The molecule has 2 aromatic rings. The van der Waals surface area contributed by atoms with Gasteiger partial charge in [-0.05, 0) is 25.5 Å². The van der Waals surface area contributed by atoms with Crippen molar-refractivity contribution in [3.05, 3.63) is 48.0 Å². The molecule has 1 aromatic carbocycles. The summed E-state index contributed by atoms with van der Waals surface area (Å²) in [7, 11) is 0. The third kappa shape index (κ3) is 4.60. The van der Waals surface area contributed by atoms with Crippen LogP contribution in [-0.2, 0) is 19.7 Å². The highest BCUT2D eigenvalue weighted by Crippen LogP contribution is 2.19. The van der Waals surface area contributed by atoms with Gasteiger partial charge in [-0.3, -0.25) is 0 Å². The lowest BCUT2D eigenvalue weighted by molar-refractivity contribution is 0.291. The third-order valence-corrected chi connectivity index (χ3v) is 3.36. The molecule has 4 nitrogen and oxygen atoms in total. The lowest BCUT2D eigenvalue weighted by atomic mass is 10.2. The van der Waals surface area contributed by atoms with Crippen LogP contribution >= 0.6 is 0 Å². The van der Waals surface area contributed by atoms with Crippen molar-refractivity contribution in [2.75, 3.05) is 6.54 Å². The van der Waals surface area contributed by atoms with Crippen LogP contribution < -0.4 is 10.1 Å². The molecule has 0 aliphatic rings. The average molecular weight is 287 g/mol. The van der Waals surface area contributed by atoms with Crippen molar-refractivity contribution in [1.82, 2.24) is 14.9 Å². The van der Waals surface area contributed by atoms with Gasteiger partial charge in [0.05, 0.1) is 18.2 Å². The fraction of sp³-hybridized carbons (Fsp3) is 0.471. The average Bonchev–Trinajstić information content (AvgIpc) is 2.93. The maximum absolute atomic E-state index is 5.98. The van der Waals surface area contributed by atoms with Gasteiger partial charge in [0.15, 0.2) is 0 Å². The van der Waals surface area contributed by atoms with E-state index in [-0.39, 0.29) is 0 Å². The molecule has 4 heteroatoms. The predicted molar refractivity (Wildman–Crippen MR) is 85.2 cm³/mol. The van der Waals surface area contributed by atoms with E-state index in [2.05, 4.69) is 47.8 Å². The zero-order valence-electron chi connectivity index (χ0n) is 13.2. The minimum Gasteiger partial charge on any atom is -0.487 e. The van der Waals surface area contributed by atoms with E-state index in [4.69, 9.17) is 4.74 Å². The number of rotatable bonds is 8. The van der Waals surface area contributed by atoms with Crippen LogP contribution in [-0.4, -0.2) is 16.1 Å². The number of imidazole rings is 1. The van der Waals surface area contributed by atoms with Crippen LogP contribution in [0.1, 0.15) is 32.0 Å². The summed E-state index contributed by atoms with van der Waals surface area (Å²) in [6.07, 6.45) is 3.71. The molecule has 0 saturated carbocycles. The third-order valence-electron chi connectivity index (χ3n) is 3.36. The van der Waals surface area contributed by atoms with Crippen molar-refractivity contribution >= 4 is 0 Å². The summed E-state index contributed by atoms with van der Waals surface area (Å²) in [5.74, 6) is 1.59. The number of aromatic nitrogens is 2. The van der Waals surface area contributed by atoms with Crippen LogP contribution in [0.5, 0.6) is 5.75 Å². The fourth-order valence-corrected chi connectivity index (χ4v) is 2.19. The molecular weight excluding hydrogens is 262 g/mol. The Bertz CT molecular complexity index is 548. The largest absolute Gasteiger partial charge is 0.487 e. The number of aryl methyl sites for hydroxylation is 1. The molecule has 0 unspecified atom stereocenters. The van der Waals surface area contributed by atoms with Crippen LogP contribution in [0.2, 0.25) is 0 Å². The number of hydrogen-bond acceptors (Lipinski definition) is 3. The molecule has 1 N–H and O–H groups in total. The first-order chi connectivity index (χ1) is 10.2. The van der Waals surface area contributed by atoms with E-state index < -0.39 is 0 Å². The van der Waals surface area contributed by atoms with Gasteiger partial charge in [-0.25, -0.2) is 4.98 Å². The molecule has 0 saturated heterocycles. The van der Waals surface area contributed by atoms with E-state index in [1.165, 1.54) is 5.56 Å². The highest BCUT2D eigenvalue weighted by molar-refractivity contribution is 5.33. The molecule has 0 atom stereocenters. The van der Waals surface area contributed by atoms with Crippen molar-refractivity contribution in [2.24, 2.45) is 5.92 Å². The van der Waals surface area contributed by atoms with Gasteiger partial charge in [-0.15, -0.1) is 0 Å². The molecule has 2 rings (SSSR count). The standard InChI is InChI=1S/C17H25N3O/c1-4-20-13-19-11-16(20)12-21-17-8-6-5-7-15(17)10-18-9-14(2)3/h5-8,11,13-14,18H,4,9-10,12H2,1-3H3. The van der Waals surface area contributed by atoms with Crippen LogP contribution in [0.15, 0.2) is 36.8 Å². The van der Waals surface area contributed by atoms with Gasteiger partial charge in [0.2, 0.25) is 0 Å². The summed E-state index contributed by atoms with van der Waals surface area (Å²) in [4.78, 5) is 4.17. The summed E-state index contributed by atoms with van der Waals surface area (Å²) in [6, 6.07) is 8.20. The van der Waals surface area contributed by atoms with Crippen molar-refractivity contribution in [3.8, 4) is 5.75 Å². The highest BCUT2D eigenvalue weighted by Gasteiger charge is 2.06. The smallest absolute Gasteiger partial charge is 0.130 e. The Morgan fingerprint density at radius 3 is 2.86 bits per heavy atom. The van der Waals surface area contributed by atoms with Gasteiger partial charge < -0.3 is 14.6 Å². The molecule has 0 fully saturated rings. The Balaban J connectivity index is 1.96. The van der Waals surface area contributed by atoms with E-state index in [0.29, 0.717) is 12.5 Å². The number of nitrogens with one attached hydrogen (secondary N) is 1. The van der Waals surface area contributed by atoms with E-state index >= 15 is 0 Å². The Morgan fingerprint density at radius 2 is 2.10 bits per heavy atom. The van der Waals surface area contributed by atoms with E-state index in [1.807, 2.05) is 24.7 Å². The number of para-hydroxylation sites is 1. The molecule has 1 heterocycles. The molecule has 1 aromatic heterocycles. The maximum atomic E-state index is 5.98. The van der Waals surface area contributed by atoms with E-state index in [0.717, 1.165) is 31.1 Å². The van der Waals surface area contributed by atoms with Crippen LogP contribution in [0, 0.1) is 5.92 Å². The zero-order chi connectivity index (χ0) is 15.1. The highest BCUT2D eigenvalue weighted by atomic mass is 16.5. The lowest BCUT2D eigenvalue weighted by Crippen LogP contribution is -2.19. The second kappa shape index (κ2) is 7.84. The molecule has 0 bridgehead atoms. The first kappa shape index (κ1) is 15.6. The summed E-state index contributed by atoms with van der Waals surface area (Å²) >= 11 is 0. The first-order valence-corrected chi connectivity index (χ1v) is 7.61. The molecule has 0 aliphatic carbocycles. The van der Waals surface area contributed by atoms with Gasteiger partial charge in [-0.2, -0.15) is 0 Å². The summed E-state index contributed by atoms with van der Waals surface area (Å²) in [5.41, 5.74) is 2.29. The number of hydrogen-bond donors (Lipinski definition) is 1. The normalized spacial score (nSPS) is 11.0. The molecule has 0 spiro atoms. The maximum Gasteiger partial charge on any atom is 0.130 e. The molecule has 21 heavy (non-hydrogen) atoms. The van der Waals surface area contributed by atoms with Gasteiger partial charge >= 0.3 is 0 Å². The number of ether oxygens (including phenoxy) is 1. The predicted octanol–water partition coefficient (Wildman–Crippen LogP) is 3.23. The lowest BCUT2D eigenvalue weighted by Gasteiger charge is -2.13. The van der Waals surface area contributed by atoms with Crippen molar-refractivity contribution in [1.29, 1.82) is 0 Å². The molecular formula is C17H25N3O. The molecule has 114 valence electrons. The second-order valence-electron chi connectivity index (χ2n) is 5.59. The topological polar surface area (TPSA) is 39.1 Å². The number of benzene rings is 1. The quantitative estimate of drug-likeness (QED) is 0.810. The molecule has 0 radical (unpaired) electrons. The minimum absolute atomic E-state index is 0.551. The number of nitrogens with zero attached hydrogens (tertiary/aromatic N) is 2. The first-order valence-electron chi connectivity index (χ1n) is 7.61. The monoisotopic (exact) mass is 287 g/mol. The Hall–Kier alpha value is -1.81. The van der Waals surface area contributed by atoms with E-state index in [9.17, 15) is 0 Å². The van der Waals surface area contributed by atoms with Crippen molar-refractivity contribution < 1.29 is 4.74 Å². The zero-order valence-corrected chi connectivity index (χ0v) is 13.2. The summed E-state index contributed by atoms with van der Waals surface area (Å²) < 4.78 is 8.08. The summed E-state index contributed by atoms with van der Waals surface area (Å²) in [6.45, 7) is 9.83. The van der Waals surface area contributed by atoms with Gasteiger partial charge in [0.1, 0.15) is 12.4 Å². The minimum atomic E-state index is 0.551. The molecule has 0 aliphatic heterocycles. The van der Waals surface area contributed by atoms with Gasteiger partial charge in [-0.1, -0.05) is 32.0 Å². The van der Waals surface area contributed by atoms with Crippen LogP contribution in [0.3, 0.4) is 0 Å².